The van der Waals surface area contributed by atoms with Crippen LogP contribution in [0.1, 0.15) is 5.76 Å². The topological polar surface area (TPSA) is 109 Å². The highest BCUT2D eigenvalue weighted by molar-refractivity contribution is 6.30. The minimum Gasteiger partial charge on any atom is -0.457 e. The molecule has 0 unspecified atom stereocenters. The summed E-state index contributed by atoms with van der Waals surface area (Å²) >= 11 is 5.86. The van der Waals surface area contributed by atoms with Crippen LogP contribution in [0.15, 0.2) is 70.7 Å². The van der Waals surface area contributed by atoms with Crippen LogP contribution in [0.3, 0.4) is 0 Å². The monoisotopic (exact) mass is 393 g/mol. The van der Waals surface area contributed by atoms with Crippen molar-refractivity contribution in [3.63, 3.8) is 0 Å². The Balaban J connectivity index is 1.79. The average molecular weight is 394 g/mol. The van der Waals surface area contributed by atoms with E-state index in [2.05, 4.69) is 5.32 Å². The molecule has 138 valence electrons. The van der Waals surface area contributed by atoms with E-state index in [1.807, 2.05) is 0 Å². The molecule has 0 spiro atoms. The van der Waals surface area contributed by atoms with E-state index >= 15 is 0 Å². The fraction of sp³-hybridized carbons (Fsp3) is 0. The number of hydrogen-bond acceptors (Lipinski definition) is 5. The molecule has 3 rings (SSSR count). The van der Waals surface area contributed by atoms with Crippen LogP contribution in [0.25, 0.3) is 17.4 Å². The molecule has 1 amide bonds. The summed E-state index contributed by atoms with van der Waals surface area (Å²) in [5, 5.41) is 23.2. The van der Waals surface area contributed by atoms with Crippen molar-refractivity contribution in [3.05, 3.63) is 87.1 Å². The van der Waals surface area contributed by atoms with E-state index in [-0.39, 0.29) is 16.9 Å². The molecule has 0 saturated carbocycles. The van der Waals surface area contributed by atoms with Crippen LogP contribution in [-0.2, 0) is 4.79 Å². The number of nitriles is 1. The van der Waals surface area contributed by atoms with E-state index in [0.29, 0.717) is 16.5 Å². The maximum absolute atomic E-state index is 12.3. The lowest BCUT2D eigenvalue weighted by molar-refractivity contribution is -0.384. The van der Waals surface area contributed by atoms with Gasteiger partial charge in [0.2, 0.25) is 0 Å². The van der Waals surface area contributed by atoms with Crippen molar-refractivity contribution in [2.24, 2.45) is 0 Å². The molecule has 0 bridgehead atoms. The van der Waals surface area contributed by atoms with Gasteiger partial charge in [-0.15, -0.1) is 0 Å². The molecule has 7 nitrogen and oxygen atoms in total. The minimum atomic E-state index is -0.701. The second-order valence-corrected chi connectivity index (χ2v) is 6.08. The summed E-state index contributed by atoms with van der Waals surface area (Å²) in [7, 11) is 0. The Morgan fingerprint density at radius 2 is 1.93 bits per heavy atom. The highest BCUT2D eigenvalue weighted by Gasteiger charge is 2.13. The fourth-order valence-electron chi connectivity index (χ4n) is 2.39. The number of nitrogens with zero attached hydrogens (tertiary/aromatic N) is 2. The molecule has 0 saturated heterocycles. The molecule has 28 heavy (non-hydrogen) atoms. The molecular formula is C20H12ClN3O4. The van der Waals surface area contributed by atoms with Crippen LogP contribution in [-0.4, -0.2) is 10.8 Å². The number of furan rings is 1. The van der Waals surface area contributed by atoms with Crippen molar-refractivity contribution >= 4 is 35.0 Å². The molecule has 0 aliphatic heterocycles. The zero-order valence-electron chi connectivity index (χ0n) is 14.3. The van der Waals surface area contributed by atoms with E-state index in [1.54, 1.807) is 42.5 Å². The van der Waals surface area contributed by atoms with Crippen molar-refractivity contribution in [2.45, 2.75) is 0 Å². The third-order valence-electron chi connectivity index (χ3n) is 3.72. The van der Waals surface area contributed by atoms with Crippen molar-refractivity contribution in [2.75, 3.05) is 5.32 Å². The Labute approximate surface area is 164 Å². The smallest absolute Gasteiger partial charge is 0.271 e. The predicted molar refractivity (Wildman–Crippen MR) is 104 cm³/mol. The number of nitrogens with one attached hydrogen (secondary N) is 1. The summed E-state index contributed by atoms with van der Waals surface area (Å²) in [5.74, 6) is 0.169. The Morgan fingerprint density at radius 3 is 2.61 bits per heavy atom. The molecule has 0 atom stereocenters. The first-order valence-electron chi connectivity index (χ1n) is 7.99. The second kappa shape index (κ2) is 8.20. The third-order valence-corrected chi connectivity index (χ3v) is 3.97. The van der Waals surface area contributed by atoms with E-state index in [9.17, 15) is 20.2 Å². The molecular weight excluding hydrogens is 382 g/mol. The molecule has 1 heterocycles. The van der Waals surface area contributed by atoms with Crippen molar-refractivity contribution < 1.29 is 14.1 Å². The van der Waals surface area contributed by atoms with Gasteiger partial charge in [-0.1, -0.05) is 17.7 Å². The van der Waals surface area contributed by atoms with Gasteiger partial charge < -0.3 is 9.73 Å². The molecule has 1 aromatic heterocycles. The molecule has 0 fully saturated rings. The zero-order valence-corrected chi connectivity index (χ0v) is 15.0. The Hall–Kier alpha value is -3.89. The van der Waals surface area contributed by atoms with Crippen molar-refractivity contribution in [1.29, 1.82) is 5.26 Å². The number of hydrogen-bond donors (Lipinski definition) is 1. The Morgan fingerprint density at radius 1 is 1.18 bits per heavy atom. The minimum absolute atomic E-state index is 0.168. The summed E-state index contributed by atoms with van der Waals surface area (Å²) < 4.78 is 5.65. The van der Waals surface area contributed by atoms with Crippen molar-refractivity contribution in [1.82, 2.24) is 0 Å². The quantitative estimate of drug-likeness (QED) is 0.282. The van der Waals surface area contributed by atoms with Crippen LogP contribution >= 0.6 is 11.6 Å². The first-order chi connectivity index (χ1) is 13.5. The number of anilines is 1. The van der Waals surface area contributed by atoms with Crippen LogP contribution < -0.4 is 5.32 Å². The first kappa shape index (κ1) is 18.9. The molecule has 0 aliphatic carbocycles. The predicted octanol–water partition coefficient (Wildman–Crippen LogP) is 5.05. The number of halogens is 1. The number of carbonyl (C=O) groups excluding carboxylic acids is 1. The highest BCUT2D eigenvalue weighted by Crippen LogP contribution is 2.25. The molecule has 2 aromatic carbocycles. The summed E-state index contributed by atoms with van der Waals surface area (Å²) in [5.41, 5.74) is 0.632. The number of amides is 1. The van der Waals surface area contributed by atoms with Gasteiger partial charge in [0.05, 0.1) is 4.92 Å². The van der Waals surface area contributed by atoms with E-state index in [4.69, 9.17) is 16.0 Å². The van der Waals surface area contributed by atoms with Crippen LogP contribution in [0.2, 0.25) is 5.02 Å². The van der Waals surface area contributed by atoms with Crippen molar-refractivity contribution in [3.8, 4) is 17.4 Å². The number of rotatable bonds is 5. The van der Waals surface area contributed by atoms with Crippen LogP contribution in [0.4, 0.5) is 11.4 Å². The van der Waals surface area contributed by atoms with Gasteiger partial charge in [-0.05, 0) is 42.5 Å². The summed E-state index contributed by atoms with van der Waals surface area (Å²) in [6.45, 7) is 0. The molecule has 3 aromatic rings. The Bertz CT molecular complexity index is 1110. The lowest BCUT2D eigenvalue weighted by atomic mass is 10.2. The highest BCUT2D eigenvalue weighted by atomic mass is 35.5. The number of nitro benzene ring substituents is 1. The van der Waals surface area contributed by atoms with Gasteiger partial charge in [-0.2, -0.15) is 5.26 Å². The maximum Gasteiger partial charge on any atom is 0.271 e. The van der Waals surface area contributed by atoms with E-state index in [0.717, 1.165) is 5.56 Å². The van der Waals surface area contributed by atoms with Crippen LogP contribution in [0.5, 0.6) is 0 Å². The van der Waals surface area contributed by atoms with Gasteiger partial charge >= 0.3 is 0 Å². The summed E-state index contributed by atoms with van der Waals surface area (Å²) in [6, 6.07) is 17.6. The zero-order chi connectivity index (χ0) is 20.1. The van der Waals surface area contributed by atoms with E-state index < -0.39 is 10.8 Å². The lowest BCUT2D eigenvalue weighted by Gasteiger charge is -2.03. The van der Waals surface area contributed by atoms with Gasteiger partial charge in [0.25, 0.3) is 11.6 Å². The molecule has 8 heteroatoms. The van der Waals surface area contributed by atoms with Gasteiger partial charge in [-0.25, -0.2) is 0 Å². The fourth-order valence-corrected chi connectivity index (χ4v) is 2.51. The number of non-ortho nitro benzene ring substituents is 1. The average Bonchev–Trinajstić information content (AvgIpc) is 3.15. The largest absolute Gasteiger partial charge is 0.457 e. The maximum atomic E-state index is 12.3. The SMILES string of the molecule is N#C/C(=C\c1ccc(-c2ccc(Cl)cc2)o1)C(=O)Nc1cccc([N+](=O)[O-])c1. The normalized spacial score (nSPS) is 10.9. The Kier molecular flexibility index (Phi) is 5.53. The molecule has 0 aliphatic rings. The molecule has 0 radical (unpaired) electrons. The van der Waals surface area contributed by atoms with Gasteiger partial charge in [-0.3, -0.25) is 14.9 Å². The third kappa shape index (κ3) is 4.44. The standard InChI is InChI=1S/C20H12ClN3O4/c21-15-6-4-13(5-7-15)19-9-8-18(28-19)10-14(12-22)20(25)23-16-2-1-3-17(11-16)24(26)27/h1-11H,(H,23,25)/b14-10+. The second-order valence-electron chi connectivity index (χ2n) is 5.64. The summed E-state index contributed by atoms with van der Waals surface area (Å²) in [6.07, 6.45) is 1.30. The van der Waals surface area contributed by atoms with Gasteiger partial charge in [0, 0.05) is 34.5 Å². The van der Waals surface area contributed by atoms with E-state index in [1.165, 1.54) is 30.3 Å². The summed E-state index contributed by atoms with van der Waals surface area (Å²) in [4.78, 5) is 22.6. The van der Waals surface area contributed by atoms with Gasteiger partial charge in [0.15, 0.2) is 0 Å². The number of nitro groups is 1. The lowest BCUT2D eigenvalue weighted by Crippen LogP contribution is -2.13. The van der Waals surface area contributed by atoms with Crippen LogP contribution in [0, 0.1) is 21.4 Å². The number of carbonyl (C=O) groups is 1. The molecule has 1 N–H and O–H groups in total. The van der Waals surface area contributed by atoms with Gasteiger partial charge in [0.1, 0.15) is 23.2 Å². The number of benzene rings is 2. The first-order valence-corrected chi connectivity index (χ1v) is 8.37.